The molecule has 1 heterocycles. The lowest BCUT2D eigenvalue weighted by Crippen LogP contribution is -2.18. The summed E-state index contributed by atoms with van der Waals surface area (Å²) in [5.41, 5.74) is 3.47. The molecule has 0 bridgehead atoms. The summed E-state index contributed by atoms with van der Waals surface area (Å²) < 4.78 is 11.6. The van der Waals surface area contributed by atoms with Crippen LogP contribution in [0.1, 0.15) is 16.1 Å². The van der Waals surface area contributed by atoms with Gasteiger partial charge in [0.05, 0.1) is 28.9 Å². The zero-order valence-corrected chi connectivity index (χ0v) is 17.1. The number of amides is 1. The molecule has 0 saturated carbocycles. The molecule has 1 amide bonds. The molecule has 3 aromatic rings. The molecule has 0 fully saturated rings. The Balaban J connectivity index is 1.73. The van der Waals surface area contributed by atoms with Crippen molar-refractivity contribution in [2.45, 2.75) is 0 Å². The standard InChI is InChI=1S/C19H13BrCl2N2O3/c1-26-16-7-5-11(20)9-14(16)19(25)24-23-10-12-6-8-17(27-12)13-3-2-4-15(21)18(13)22/h2-10H,1H3,(H,24,25)/b23-10+. The van der Waals surface area contributed by atoms with Crippen LogP contribution in [-0.2, 0) is 0 Å². The molecule has 1 aromatic heterocycles. The fraction of sp³-hybridized carbons (Fsp3) is 0.0526. The van der Waals surface area contributed by atoms with Crippen LogP contribution in [0.15, 0.2) is 62.5 Å². The van der Waals surface area contributed by atoms with Gasteiger partial charge in [0.25, 0.3) is 5.91 Å². The van der Waals surface area contributed by atoms with E-state index in [2.05, 4.69) is 26.5 Å². The highest BCUT2D eigenvalue weighted by Crippen LogP contribution is 2.34. The molecule has 0 aliphatic rings. The predicted octanol–water partition coefficient (Wildman–Crippen LogP) is 5.79. The molecule has 8 heteroatoms. The van der Waals surface area contributed by atoms with E-state index in [4.69, 9.17) is 32.4 Å². The maximum Gasteiger partial charge on any atom is 0.275 e. The van der Waals surface area contributed by atoms with Gasteiger partial charge >= 0.3 is 0 Å². The van der Waals surface area contributed by atoms with Crippen molar-refractivity contribution in [1.29, 1.82) is 0 Å². The van der Waals surface area contributed by atoms with E-state index < -0.39 is 5.91 Å². The number of hydrogen-bond donors (Lipinski definition) is 1. The number of nitrogens with one attached hydrogen (secondary N) is 1. The number of carbonyl (C=O) groups excluding carboxylic acids is 1. The Hall–Kier alpha value is -2.28. The van der Waals surface area contributed by atoms with E-state index in [0.717, 1.165) is 4.47 Å². The van der Waals surface area contributed by atoms with Crippen LogP contribution in [0, 0.1) is 0 Å². The minimum absolute atomic E-state index is 0.356. The van der Waals surface area contributed by atoms with Crippen molar-refractivity contribution in [2.24, 2.45) is 5.10 Å². The lowest BCUT2D eigenvalue weighted by atomic mass is 10.2. The maximum atomic E-state index is 12.3. The lowest BCUT2D eigenvalue weighted by molar-refractivity contribution is 0.0952. The predicted molar refractivity (Wildman–Crippen MR) is 110 cm³/mol. The highest BCUT2D eigenvalue weighted by molar-refractivity contribution is 9.10. The van der Waals surface area contributed by atoms with Gasteiger partial charge in [-0.25, -0.2) is 5.43 Å². The van der Waals surface area contributed by atoms with Crippen LogP contribution in [-0.4, -0.2) is 19.2 Å². The molecule has 27 heavy (non-hydrogen) atoms. The number of carbonyl (C=O) groups is 1. The summed E-state index contributed by atoms with van der Waals surface area (Å²) in [6.07, 6.45) is 1.39. The minimum Gasteiger partial charge on any atom is -0.496 e. The zero-order valence-electron chi connectivity index (χ0n) is 14.0. The van der Waals surface area contributed by atoms with Crippen LogP contribution < -0.4 is 10.2 Å². The number of halogens is 3. The third-order valence-electron chi connectivity index (χ3n) is 3.61. The van der Waals surface area contributed by atoms with Gasteiger partial charge in [0, 0.05) is 10.0 Å². The van der Waals surface area contributed by atoms with E-state index in [-0.39, 0.29) is 0 Å². The quantitative estimate of drug-likeness (QED) is 0.381. The Bertz CT molecular complexity index is 1020. The molecule has 5 nitrogen and oxygen atoms in total. The summed E-state index contributed by atoms with van der Waals surface area (Å²) in [5.74, 6) is 1.03. The molecular formula is C19H13BrCl2N2O3. The van der Waals surface area contributed by atoms with E-state index in [1.54, 1.807) is 48.5 Å². The van der Waals surface area contributed by atoms with Gasteiger partial charge in [-0.2, -0.15) is 5.10 Å². The first-order valence-corrected chi connectivity index (χ1v) is 9.25. The van der Waals surface area contributed by atoms with Crippen LogP contribution in [0.25, 0.3) is 11.3 Å². The Labute approximate surface area is 174 Å². The summed E-state index contributed by atoms with van der Waals surface area (Å²) in [7, 11) is 1.49. The molecule has 138 valence electrons. The minimum atomic E-state index is -0.408. The second kappa shape index (κ2) is 8.61. The van der Waals surface area contributed by atoms with Crippen LogP contribution in [0.3, 0.4) is 0 Å². The van der Waals surface area contributed by atoms with E-state index in [1.165, 1.54) is 13.3 Å². The van der Waals surface area contributed by atoms with Crippen LogP contribution in [0.2, 0.25) is 10.0 Å². The first kappa shape index (κ1) is 19.5. The highest BCUT2D eigenvalue weighted by atomic mass is 79.9. The smallest absolute Gasteiger partial charge is 0.275 e. The van der Waals surface area contributed by atoms with Gasteiger partial charge in [-0.3, -0.25) is 4.79 Å². The lowest BCUT2D eigenvalue weighted by Gasteiger charge is -2.07. The number of ether oxygens (including phenoxy) is 1. The van der Waals surface area contributed by atoms with E-state index in [0.29, 0.717) is 38.4 Å². The van der Waals surface area contributed by atoms with Gasteiger partial charge in [-0.15, -0.1) is 0 Å². The average Bonchev–Trinajstić information content (AvgIpc) is 3.12. The normalized spacial score (nSPS) is 11.0. The van der Waals surface area contributed by atoms with Crippen molar-refractivity contribution in [1.82, 2.24) is 5.43 Å². The van der Waals surface area contributed by atoms with Crippen molar-refractivity contribution < 1.29 is 13.9 Å². The van der Waals surface area contributed by atoms with Crippen molar-refractivity contribution in [3.63, 3.8) is 0 Å². The number of benzene rings is 2. The third kappa shape index (κ3) is 4.53. The number of rotatable bonds is 5. The van der Waals surface area contributed by atoms with Crippen LogP contribution in [0.5, 0.6) is 5.75 Å². The van der Waals surface area contributed by atoms with E-state index in [1.807, 2.05) is 0 Å². The van der Waals surface area contributed by atoms with Crippen molar-refractivity contribution in [2.75, 3.05) is 7.11 Å². The Morgan fingerprint density at radius 2 is 2.04 bits per heavy atom. The SMILES string of the molecule is COc1ccc(Br)cc1C(=O)N/N=C/c1ccc(-c2cccc(Cl)c2Cl)o1. The first-order valence-electron chi connectivity index (χ1n) is 7.70. The van der Waals surface area contributed by atoms with Gasteiger partial charge in [0.1, 0.15) is 17.3 Å². The number of methoxy groups -OCH3 is 1. The molecular weight excluding hydrogens is 455 g/mol. The summed E-state index contributed by atoms with van der Waals surface area (Å²) in [5, 5.41) is 4.77. The summed E-state index contributed by atoms with van der Waals surface area (Å²) in [6, 6.07) is 13.9. The third-order valence-corrected chi connectivity index (χ3v) is 4.92. The van der Waals surface area contributed by atoms with Gasteiger partial charge in [0.15, 0.2) is 0 Å². The van der Waals surface area contributed by atoms with E-state index in [9.17, 15) is 4.79 Å². The summed E-state index contributed by atoms with van der Waals surface area (Å²) >= 11 is 15.5. The summed E-state index contributed by atoms with van der Waals surface area (Å²) in [6.45, 7) is 0. The molecule has 0 radical (unpaired) electrons. The molecule has 0 atom stereocenters. The van der Waals surface area contributed by atoms with Crippen molar-refractivity contribution in [3.05, 3.63) is 74.4 Å². The van der Waals surface area contributed by atoms with Gasteiger partial charge in [0.2, 0.25) is 0 Å². The van der Waals surface area contributed by atoms with E-state index >= 15 is 0 Å². The molecule has 0 spiro atoms. The highest BCUT2D eigenvalue weighted by Gasteiger charge is 2.13. The second-order valence-electron chi connectivity index (χ2n) is 5.35. The number of furan rings is 1. The first-order chi connectivity index (χ1) is 13.0. The second-order valence-corrected chi connectivity index (χ2v) is 7.05. The fourth-order valence-corrected chi connectivity index (χ4v) is 3.09. The Kier molecular flexibility index (Phi) is 6.21. The largest absolute Gasteiger partial charge is 0.496 e. The van der Waals surface area contributed by atoms with Crippen LogP contribution >= 0.6 is 39.1 Å². The van der Waals surface area contributed by atoms with Gasteiger partial charge in [-0.05, 0) is 42.5 Å². The topological polar surface area (TPSA) is 63.8 Å². The average molecular weight is 468 g/mol. The number of hydrogen-bond acceptors (Lipinski definition) is 4. The van der Waals surface area contributed by atoms with Gasteiger partial charge in [-0.1, -0.05) is 45.2 Å². The molecule has 1 N–H and O–H groups in total. The molecule has 0 aliphatic carbocycles. The number of nitrogens with zero attached hydrogens (tertiary/aromatic N) is 1. The van der Waals surface area contributed by atoms with Gasteiger partial charge < -0.3 is 9.15 Å². The maximum absolute atomic E-state index is 12.3. The molecule has 0 aliphatic heterocycles. The Morgan fingerprint density at radius 3 is 2.81 bits per heavy atom. The fourth-order valence-electron chi connectivity index (χ4n) is 2.33. The van der Waals surface area contributed by atoms with Crippen LogP contribution in [0.4, 0.5) is 0 Å². The Morgan fingerprint density at radius 1 is 1.22 bits per heavy atom. The monoisotopic (exact) mass is 466 g/mol. The van der Waals surface area contributed by atoms with Crippen molar-refractivity contribution in [3.8, 4) is 17.1 Å². The molecule has 2 aromatic carbocycles. The summed E-state index contributed by atoms with van der Waals surface area (Å²) in [4.78, 5) is 12.3. The van der Waals surface area contributed by atoms with Crippen molar-refractivity contribution >= 4 is 51.3 Å². The molecule has 0 saturated heterocycles. The molecule has 0 unspecified atom stereocenters. The zero-order chi connectivity index (χ0) is 19.4. The number of hydrazone groups is 1. The molecule has 3 rings (SSSR count).